The first-order chi connectivity index (χ1) is 8.91. The molecular formula is C11H11FN2O5. The van der Waals surface area contributed by atoms with Gasteiger partial charge in [0.15, 0.2) is 0 Å². The van der Waals surface area contributed by atoms with E-state index in [4.69, 9.17) is 10.2 Å². The van der Waals surface area contributed by atoms with Crippen LogP contribution in [0.5, 0.6) is 0 Å². The lowest BCUT2D eigenvalue weighted by Gasteiger charge is -2.13. The van der Waals surface area contributed by atoms with Crippen LogP contribution in [0.25, 0.3) is 0 Å². The average Bonchev–Trinajstić information content (AvgIpc) is 2.34. The molecule has 0 fully saturated rings. The molecule has 19 heavy (non-hydrogen) atoms. The third-order valence-electron chi connectivity index (χ3n) is 2.25. The van der Waals surface area contributed by atoms with E-state index < -0.39 is 41.8 Å². The molecule has 0 aliphatic heterocycles. The predicted octanol–water partition coefficient (Wildman–Crippen LogP) is 0.268. The van der Waals surface area contributed by atoms with Crippen LogP contribution in [0.3, 0.4) is 0 Å². The van der Waals surface area contributed by atoms with Crippen LogP contribution < -0.4 is 5.32 Å². The molecule has 0 aliphatic rings. The Morgan fingerprint density at radius 2 is 2.05 bits per heavy atom. The molecule has 1 heterocycles. The molecule has 1 aromatic heterocycles. The fraction of sp³-hybridized carbons (Fsp3) is 0.273. The predicted molar refractivity (Wildman–Crippen MR) is 60.0 cm³/mol. The Balaban J connectivity index is 2.74. The maximum Gasteiger partial charge on any atom is 0.326 e. The zero-order valence-corrected chi connectivity index (χ0v) is 9.67. The second-order valence-corrected chi connectivity index (χ2v) is 3.64. The van der Waals surface area contributed by atoms with Gasteiger partial charge in [-0.15, -0.1) is 0 Å². The van der Waals surface area contributed by atoms with Gasteiger partial charge in [0, 0.05) is 12.6 Å². The Kier molecular flexibility index (Phi) is 4.92. The summed E-state index contributed by atoms with van der Waals surface area (Å²) in [6.07, 6.45) is 0.427. The molecule has 102 valence electrons. The van der Waals surface area contributed by atoms with Crippen molar-refractivity contribution < 1.29 is 29.0 Å². The van der Waals surface area contributed by atoms with E-state index in [9.17, 15) is 18.8 Å². The summed E-state index contributed by atoms with van der Waals surface area (Å²) >= 11 is 0. The van der Waals surface area contributed by atoms with Gasteiger partial charge in [0.1, 0.15) is 6.04 Å². The van der Waals surface area contributed by atoms with Crippen molar-refractivity contribution in [1.82, 2.24) is 10.3 Å². The van der Waals surface area contributed by atoms with Crippen LogP contribution in [0.15, 0.2) is 18.3 Å². The van der Waals surface area contributed by atoms with Crippen LogP contribution in [0.1, 0.15) is 23.2 Å². The molecule has 0 aromatic carbocycles. The Labute approximate surface area is 107 Å². The van der Waals surface area contributed by atoms with Gasteiger partial charge in [-0.2, -0.15) is 4.39 Å². The second-order valence-electron chi connectivity index (χ2n) is 3.64. The van der Waals surface area contributed by atoms with Crippen LogP contribution in [0.4, 0.5) is 4.39 Å². The minimum absolute atomic E-state index is 0.293. The molecule has 1 atom stereocenters. The number of nitrogens with zero attached hydrogens (tertiary/aromatic N) is 1. The first-order valence-corrected chi connectivity index (χ1v) is 5.27. The molecule has 8 heteroatoms. The lowest BCUT2D eigenvalue weighted by atomic mass is 10.1. The zero-order valence-electron chi connectivity index (χ0n) is 9.67. The molecule has 1 aromatic rings. The Morgan fingerprint density at radius 1 is 1.37 bits per heavy atom. The maximum atomic E-state index is 13.2. The number of amides is 1. The SMILES string of the molecule is O=C(O)CCC(NC(=O)c1cccnc1F)C(=O)O. The molecule has 0 bridgehead atoms. The van der Waals surface area contributed by atoms with E-state index in [1.54, 1.807) is 0 Å². The number of rotatable bonds is 6. The van der Waals surface area contributed by atoms with Crippen molar-refractivity contribution in [2.24, 2.45) is 0 Å². The first-order valence-electron chi connectivity index (χ1n) is 5.27. The van der Waals surface area contributed by atoms with Crippen LogP contribution in [-0.4, -0.2) is 39.1 Å². The number of carbonyl (C=O) groups is 3. The number of carboxylic acids is 2. The highest BCUT2D eigenvalue weighted by Crippen LogP contribution is 2.05. The van der Waals surface area contributed by atoms with Crippen molar-refractivity contribution >= 4 is 17.8 Å². The topological polar surface area (TPSA) is 117 Å². The molecule has 0 saturated heterocycles. The van der Waals surface area contributed by atoms with Crippen LogP contribution in [0.2, 0.25) is 0 Å². The number of aliphatic carboxylic acids is 2. The number of aromatic nitrogens is 1. The Bertz CT molecular complexity index is 506. The quantitative estimate of drug-likeness (QED) is 0.639. The summed E-state index contributed by atoms with van der Waals surface area (Å²) in [5, 5.41) is 19.3. The number of carbonyl (C=O) groups excluding carboxylic acids is 1. The lowest BCUT2D eigenvalue weighted by molar-refractivity contribution is -0.140. The van der Waals surface area contributed by atoms with Gasteiger partial charge in [0.05, 0.1) is 5.56 Å². The fourth-order valence-corrected chi connectivity index (χ4v) is 1.32. The van der Waals surface area contributed by atoms with Crippen molar-refractivity contribution in [2.45, 2.75) is 18.9 Å². The van der Waals surface area contributed by atoms with Crippen molar-refractivity contribution in [3.05, 3.63) is 29.8 Å². The number of hydrogen-bond acceptors (Lipinski definition) is 4. The number of pyridine rings is 1. The van der Waals surface area contributed by atoms with E-state index in [-0.39, 0.29) is 6.42 Å². The number of halogens is 1. The lowest BCUT2D eigenvalue weighted by Crippen LogP contribution is -2.41. The van der Waals surface area contributed by atoms with Crippen LogP contribution >= 0.6 is 0 Å². The molecule has 0 saturated carbocycles. The van der Waals surface area contributed by atoms with E-state index in [0.717, 1.165) is 12.3 Å². The Morgan fingerprint density at radius 3 is 2.58 bits per heavy atom. The smallest absolute Gasteiger partial charge is 0.326 e. The summed E-state index contributed by atoms with van der Waals surface area (Å²) in [5.41, 5.74) is -0.399. The minimum Gasteiger partial charge on any atom is -0.481 e. The summed E-state index contributed by atoms with van der Waals surface area (Å²) in [4.78, 5) is 36.1. The molecule has 0 radical (unpaired) electrons. The van der Waals surface area contributed by atoms with E-state index >= 15 is 0 Å². The maximum absolute atomic E-state index is 13.2. The molecular weight excluding hydrogens is 259 g/mol. The summed E-state index contributed by atoms with van der Waals surface area (Å²) < 4.78 is 13.2. The average molecular weight is 270 g/mol. The van der Waals surface area contributed by atoms with Gasteiger partial charge in [-0.25, -0.2) is 9.78 Å². The van der Waals surface area contributed by atoms with Gasteiger partial charge in [0.25, 0.3) is 5.91 Å². The van der Waals surface area contributed by atoms with Crippen molar-refractivity contribution in [3.8, 4) is 0 Å². The molecule has 3 N–H and O–H groups in total. The van der Waals surface area contributed by atoms with Gasteiger partial charge >= 0.3 is 11.9 Å². The monoisotopic (exact) mass is 270 g/mol. The largest absolute Gasteiger partial charge is 0.481 e. The third kappa shape index (κ3) is 4.34. The van der Waals surface area contributed by atoms with Gasteiger partial charge in [-0.1, -0.05) is 0 Å². The van der Waals surface area contributed by atoms with Gasteiger partial charge in [0.2, 0.25) is 5.95 Å². The highest BCUT2D eigenvalue weighted by atomic mass is 19.1. The molecule has 0 aliphatic carbocycles. The normalized spacial score (nSPS) is 11.6. The number of carboxylic acid groups (broad SMARTS) is 2. The summed E-state index contributed by atoms with van der Waals surface area (Å²) in [6.45, 7) is 0. The van der Waals surface area contributed by atoms with Crippen LogP contribution in [0, 0.1) is 5.95 Å². The standard InChI is InChI=1S/C11H11FN2O5/c12-9-6(2-1-5-13-9)10(17)14-7(11(18)19)3-4-8(15)16/h1-2,5,7H,3-4H2,(H,14,17)(H,15,16)(H,18,19). The second kappa shape index (κ2) is 6.43. The first kappa shape index (κ1) is 14.6. The molecule has 0 spiro atoms. The van der Waals surface area contributed by atoms with Crippen molar-refractivity contribution in [1.29, 1.82) is 0 Å². The van der Waals surface area contributed by atoms with E-state index in [0.29, 0.717) is 0 Å². The highest BCUT2D eigenvalue weighted by Gasteiger charge is 2.23. The molecule has 1 amide bonds. The van der Waals surface area contributed by atoms with E-state index in [1.807, 2.05) is 5.32 Å². The van der Waals surface area contributed by atoms with Crippen LogP contribution in [-0.2, 0) is 9.59 Å². The molecule has 1 unspecified atom stereocenters. The van der Waals surface area contributed by atoms with E-state index in [1.165, 1.54) is 6.07 Å². The van der Waals surface area contributed by atoms with E-state index in [2.05, 4.69) is 4.98 Å². The van der Waals surface area contributed by atoms with Gasteiger partial charge < -0.3 is 15.5 Å². The minimum atomic E-state index is -1.40. The number of hydrogen-bond donors (Lipinski definition) is 3. The third-order valence-corrected chi connectivity index (χ3v) is 2.25. The number of nitrogens with one attached hydrogen (secondary N) is 1. The summed E-state index contributed by atoms with van der Waals surface area (Å²) in [5.74, 6) is -4.56. The molecule has 7 nitrogen and oxygen atoms in total. The van der Waals surface area contributed by atoms with Crippen molar-refractivity contribution in [3.63, 3.8) is 0 Å². The summed E-state index contributed by atoms with van der Waals surface area (Å²) in [7, 11) is 0. The van der Waals surface area contributed by atoms with Gasteiger partial charge in [-0.3, -0.25) is 9.59 Å². The van der Waals surface area contributed by atoms with Crippen molar-refractivity contribution in [2.75, 3.05) is 0 Å². The summed E-state index contributed by atoms with van der Waals surface area (Å²) in [6, 6.07) is 1.07. The fourth-order valence-electron chi connectivity index (χ4n) is 1.32. The highest BCUT2D eigenvalue weighted by molar-refractivity contribution is 5.96. The zero-order chi connectivity index (χ0) is 14.4. The van der Waals surface area contributed by atoms with Gasteiger partial charge in [-0.05, 0) is 18.6 Å². The molecule has 1 rings (SSSR count). The Hall–Kier alpha value is -2.51.